The average molecular weight is 532 g/mol. The van der Waals surface area contributed by atoms with E-state index in [9.17, 15) is 13.2 Å². The van der Waals surface area contributed by atoms with Crippen molar-refractivity contribution in [1.29, 1.82) is 0 Å². The van der Waals surface area contributed by atoms with E-state index >= 15 is 0 Å². The number of aliphatic imine (C=N–C) groups is 1. The largest absolute Gasteiger partial charge is 0.476 e. The van der Waals surface area contributed by atoms with Crippen LogP contribution in [0.3, 0.4) is 0 Å². The van der Waals surface area contributed by atoms with Crippen molar-refractivity contribution in [1.82, 2.24) is 15.6 Å². The van der Waals surface area contributed by atoms with E-state index in [0.717, 1.165) is 44.9 Å². The van der Waals surface area contributed by atoms with Crippen molar-refractivity contribution in [3.05, 3.63) is 23.9 Å². The first kappa shape index (κ1) is 25.7. The van der Waals surface area contributed by atoms with Crippen molar-refractivity contribution in [2.24, 2.45) is 10.9 Å². The predicted molar refractivity (Wildman–Crippen MR) is 114 cm³/mol. The number of nitrogens with zero attached hydrogens (tertiary/aromatic N) is 2. The van der Waals surface area contributed by atoms with Gasteiger partial charge in [0.05, 0.1) is 25.3 Å². The van der Waals surface area contributed by atoms with Gasteiger partial charge in [0.1, 0.15) is 6.61 Å². The molecule has 29 heavy (non-hydrogen) atoms. The molecular weight excluding hydrogens is 504 g/mol. The maximum atomic E-state index is 12.5. The lowest BCUT2D eigenvalue weighted by Gasteiger charge is -2.13. The minimum atomic E-state index is -4.40. The highest BCUT2D eigenvalue weighted by Crippen LogP contribution is 2.29. The Bertz CT molecular complexity index is 597. The van der Waals surface area contributed by atoms with Crippen LogP contribution in [-0.2, 0) is 15.7 Å². The molecule has 0 radical (unpaired) electrons. The molecule has 1 saturated heterocycles. The third-order valence-corrected chi connectivity index (χ3v) is 4.07. The quantitative estimate of drug-likeness (QED) is 0.209. The molecule has 0 bridgehead atoms. The summed E-state index contributed by atoms with van der Waals surface area (Å²) in [6, 6.07) is 2.14. The Kier molecular flexibility index (Phi) is 12.2. The van der Waals surface area contributed by atoms with Crippen LogP contribution in [-0.4, -0.2) is 64.1 Å². The normalized spacial score (nSPS) is 17.0. The lowest BCUT2D eigenvalue weighted by molar-refractivity contribution is -0.137. The zero-order valence-corrected chi connectivity index (χ0v) is 18.7. The van der Waals surface area contributed by atoms with Crippen molar-refractivity contribution in [3.8, 4) is 5.88 Å². The Morgan fingerprint density at radius 3 is 2.69 bits per heavy atom. The van der Waals surface area contributed by atoms with E-state index in [-0.39, 0.29) is 36.5 Å². The molecule has 11 heteroatoms. The fourth-order valence-electron chi connectivity index (χ4n) is 2.52. The lowest BCUT2D eigenvalue weighted by atomic mass is 10.1. The number of aromatic nitrogens is 1. The standard InChI is InChI=1S/C18H27F3N4O3.HI/c1-22-17(23-6-2-8-26-12-14-5-9-27-13-14)24-7-10-28-16-4-3-15(11-25-16)18(19,20)21;/h3-4,11,14H,2,5-10,12-13H2,1H3,(H2,22,23,24);1H. The summed E-state index contributed by atoms with van der Waals surface area (Å²) >= 11 is 0. The molecule has 2 rings (SSSR count). The first-order valence-corrected chi connectivity index (χ1v) is 9.25. The van der Waals surface area contributed by atoms with Crippen molar-refractivity contribution in [3.63, 3.8) is 0 Å². The number of alkyl halides is 3. The van der Waals surface area contributed by atoms with E-state index < -0.39 is 11.7 Å². The number of ether oxygens (including phenoxy) is 3. The molecule has 1 aliphatic heterocycles. The van der Waals surface area contributed by atoms with E-state index in [0.29, 0.717) is 31.6 Å². The maximum absolute atomic E-state index is 12.5. The first-order valence-electron chi connectivity index (χ1n) is 9.25. The summed E-state index contributed by atoms with van der Waals surface area (Å²) in [6.07, 6.45) is -1.73. The molecule has 0 amide bonds. The summed E-state index contributed by atoms with van der Waals surface area (Å²) in [5, 5.41) is 6.22. The van der Waals surface area contributed by atoms with Crippen molar-refractivity contribution >= 4 is 29.9 Å². The van der Waals surface area contributed by atoms with Gasteiger partial charge < -0.3 is 24.8 Å². The third-order valence-electron chi connectivity index (χ3n) is 4.07. The SMILES string of the molecule is CN=C(NCCCOCC1CCOC1)NCCOc1ccc(C(F)(F)F)cn1.I. The van der Waals surface area contributed by atoms with Crippen molar-refractivity contribution in [2.45, 2.75) is 19.0 Å². The van der Waals surface area contributed by atoms with Gasteiger partial charge in [0.15, 0.2) is 5.96 Å². The summed E-state index contributed by atoms with van der Waals surface area (Å²) in [4.78, 5) is 7.74. The number of halogens is 4. The molecule has 1 atom stereocenters. The Hall–Kier alpha value is -1.34. The zero-order valence-electron chi connectivity index (χ0n) is 16.3. The van der Waals surface area contributed by atoms with Crippen LogP contribution in [0.5, 0.6) is 5.88 Å². The van der Waals surface area contributed by atoms with Crippen LogP contribution in [0.15, 0.2) is 23.3 Å². The van der Waals surface area contributed by atoms with Gasteiger partial charge in [-0.2, -0.15) is 13.2 Å². The molecule has 1 aromatic heterocycles. The van der Waals surface area contributed by atoms with Gasteiger partial charge in [-0.15, -0.1) is 24.0 Å². The monoisotopic (exact) mass is 532 g/mol. The summed E-state index contributed by atoms with van der Waals surface area (Å²) in [6.45, 7) is 4.41. The zero-order chi connectivity index (χ0) is 20.2. The Labute approximate surface area is 185 Å². The minimum Gasteiger partial charge on any atom is -0.476 e. The molecule has 0 spiro atoms. The van der Waals surface area contributed by atoms with Crippen molar-refractivity contribution in [2.75, 3.05) is 53.2 Å². The van der Waals surface area contributed by atoms with Gasteiger partial charge in [-0.05, 0) is 18.9 Å². The molecule has 1 unspecified atom stereocenters. The second-order valence-corrected chi connectivity index (χ2v) is 6.32. The average Bonchev–Trinajstić information content (AvgIpc) is 3.19. The van der Waals surface area contributed by atoms with Gasteiger partial charge in [0, 0.05) is 45.0 Å². The predicted octanol–water partition coefficient (Wildman–Crippen LogP) is 2.71. The summed E-state index contributed by atoms with van der Waals surface area (Å²) < 4.78 is 53.7. The number of guanidine groups is 1. The summed E-state index contributed by atoms with van der Waals surface area (Å²) in [5.74, 6) is 1.28. The molecular formula is C18H28F3IN4O3. The molecule has 1 fully saturated rings. The molecule has 1 aliphatic rings. The second-order valence-electron chi connectivity index (χ2n) is 6.32. The van der Waals surface area contributed by atoms with Crippen LogP contribution in [0.25, 0.3) is 0 Å². The molecule has 2 N–H and O–H groups in total. The summed E-state index contributed by atoms with van der Waals surface area (Å²) in [7, 11) is 1.66. The van der Waals surface area contributed by atoms with Crippen LogP contribution in [0.2, 0.25) is 0 Å². The number of hydrogen-bond acceptors (Lipinski definition) is 5. The van der Waals surface area contributed by atoms with Gasteiger partial charge in [0.2, 0.25) is 5.88 Å². The molecule has 0 aromatic carbocycles. The maximum Gasteiger partial charge on any atom is 0.417 e. The number of hydrogen-bond donors (Lipinski definition) is 2. The van der Waals surface area contributed by atoms with E-state index in [1.54, 1.807) is 7.05 Å². The van der Waals surface area contributed by atoms with Gasteiger partial charge in [-0.25, -0.2) is 4.98 Å². The van der Waals surface area contributed by atoms with Gasteiger partial charge in [-0.3, -0.25) is 4.99 Å². The van der Waals surface area contributed by atoms with Gasteiger partial charge >= 0.3 is 6.18 Å². The molecule has 7 nitrogen and oxygen atoms in total. The fourth-order valence-corrected chi connectivity index (χ4v) is 2.52. The number of pyridine rings is 1. The topological polar surface area (TPSA) is 77.0 Å². The molecule has 2 heterocycles. The van der Waals surface area contributed by atoms with E-state index in [1.807, 2.05) is 0 Å². The third kappa shape index (κ3) is 10.3. The lowest BCUT2D eigenvalue weighted by Crippen LogP contribution is -2.40. The Balaban J connectivity index is 0.00000420. The van der Waals surface area contributed by atoms with Crippen molar-refractivity contribution < 1.29 is 27.4 Å². The second kappa shape index (κ2) is 13.8. The smallest absolute Gasteiger partial charge is 0.417 e. The minimum absolute atomic E-state index is 0. The molecule has 0 saturated carbocycles. The van der Waals surface area contributed by atoms with E-state index in [1.165, 1.54) is 6.07 Å². The fraction of sp³-hybridized carbons (Fsp3) is 0.667. The highest BCUT2D eigenvalue weighted by molar-refractivity contribution is 14.0. The van der Waals surface area contributed by atoms with Crippen LogP contribution < -0.4 is 15.4 Å². The molecule has 166 valence electrons. The first-order chi connectivity index (χ1) is 13.5. The van der Waals surface area contributed by atoms with Gasteiger partial charge in [0.25, 0.3) is 0 Å². The molecule has 0 aliphatic carbocycles. The number of rotatable bonds is 10. The Morgan fingerprint density at radius 2 is 2.07 bits per heavy atom. The van der Waals surface area contributed by atoms with Crippen LogP contribution in [0, 0.1) is 5.92 Å². The van der Waals surface area contributed by atoms with Crippen LogP contribution >= 0.6 is 24.0 Å². The highest BCUT2D eigenvalue weighted by atomic mass is 127. The van der Waals surface area contributed by atoms with Crippen LogP contribution in [0.4, 0.5) is 13.2 Å². The van der Waals surface area contributed by atoms with E-state index in [2.05, 4.69) is 20.6 Å². The summed E-state index contributed by atoms with van der Waals surface area (Å²) in [5.41, 5.74) is -0.803. The highest BCUT2D eigenvalue weighted by Gasteiger charge is 2.30. The van der Waals surface area contributed by atoms with E-state index in [4.69, 9.17) is 14.2 Å². The van der Waals surface area contributed by atoms with Gasteiger partial charge in [-0.1, -0.05) is 0 Å². The number of nitrogens with one attached hydrogen (secondary N) is 2. The van der Waals surface area contributed by atoms with Crippen LogP contribution in [0.1, 0.15) is 18.4 Å². The Morgan fingerprint density at radius 1 is 1.28 bits per heavy atom. The molecule has 1 aromatic rings.